The van der Waals surface area contributed by atoms with E-state index in [0.29, 0.717) is 19.0 Å². The smallest absolute Gasteiger partial charge is 0.269 e. The van der Waals surface area contributed by atoms with Crippen molar-refractivity contribution >= 4 is 11.6 Å². The van der Waals surface area contributed by atoms with Crippen molar-refractivity contribution in [3.05, 3.63) is 64.1 Å². The molecular formula is C20H27N5O3. The molecule has 0 spiro atoms. The number of nitro benzene ring substituents is 1. The van der Waals surface area contributed by atoms with Crippen LogP contribution >= 0.6 is 0 Å². The molecule has 2 aromatic rings. The zero-order valence-electron chi connectivity index (χ0n) is 16.1. The van der Waals surface area contributed by atoms with Crippen molar-refractivity contribution in [3.63, 3.8) is 0 Å². The van der Waals surface area contributed by atoms with Crippen molar-refractivity contribution in [1.29, 1.82) is 0 Å². The molecule has 0 aliphatic carbocycles. The van der Waals surface area contributed by atoms with E-state index in [9.17, 15) is 10.1 Å². The highest BCUT2D eigenvalue weighted by Crippen LogP contribution is 2.24. The first-order chi connectivity index (χ1) is 13.7. The Balaban J connectivity index is 1.66. The monoisotopic (exact) mass is 385 g/mol. The van der Waals surface area contributed by atoms with Crippen LogP contribution in [-0.4, -0.2) is 42.0 Å². The summed E-state index contributed by atoms with van der Waals surface area (Å²) in [6.07, 6.45) is 4.12. The van der Waals surface area contributed by atoms with Crippen molar-refractivity contribution in [2.45, 2.75) is 32.4 Å². The van der Waals surface area contributed by atoms with Crippen LogP contribution in [0.15, 0.2) is 52.1 Å². The van der Waals surface area contributed by atoms with Gasteiger partial charge < -0.3 is 15.1 Å². The highest BCUT2D eigenvalue weighted by molar-refractivity contribution is 5.79. The standard InChI is InChI=1S/C20H27N5O3/c1-2-21-20(22-14-16-7-5-8-17(13-16)25(26)27)23-15-18(19-9-6-12-28-19)24-10-3-4-11-24/h5-9,12-13,18H,2-4,10-11,14-15H2,1H3,(H2,21,22,23). The third-order valence-electron chi connectivity index (χ3n) is 4.80. The van der Waals surface area contributed by atoms with Gasteiger partial charge in [0, 0.05) is 25.2 Å². The van der Waals surface area contributed by atoms with Gasteiger partial charge in [-0.3, -0.25) is 15.0 Å². The number of hydrogen-bond donors (Lipinski definition) is 2. The minimum absolute atomic E-state index is 0.0811. The van der Waals surface area contributed by atoms with E-state index in [1.165, 1.54) is 18.9 Å². The Labute approximate surface area is 164 Å². The molecule has 0 bridgehead atoms. The van der Waals surface area contributed by atoms with E-state index in [1.807, 2.05) is 25.1 Å². The van der Waals surface area contributed by atoms with Gasteiger partial charge >= 0.3 is 0 Å². The quantitative estimate of drug-likeness (QED) is 0.314. The van der Waals surface area contributed by atoms with E-state index in [-0.39, 0.29) is 16.7 Å². The molecule has 28 heavy (non-hydrogen) atoms. The average Bonchev–Trinajstić information content (AvgIpc) is 3.41. The summed E-state index contributed by atoms with van der Waals surface area (Å²) in [6.45, 7) is 5.91. The number of guanidine groups is 1. The third kappa shape index (κ3) is 5.32. The van der Waals surface area contributed by atoms with Crippen LogP contribution in [0.3, 0.4) is 0 Å². The Bertz CT molecular complexity index is 785. The fourth-order valence-electron chi connectivity index (χ4n) is 3.42. The molecule has 150 valence electrons. The second-order valence-corrected chi connectivity index (χ2v) is 6.78. The van der Waals surface area contributed by atoms with Crippen LogP contribution in [0, 0.1) is 10.1 Å². The normalized spacial score (nSPS) is 16.1. The second kappa shape index (κ2) is 9.89. The van der Waals surface area contributed by atoms with E-state index < -0.39 is 0 Å². The number of aliphatic imine (C=N–C) groups is 1. The van der Waals surface area contributed by atoms with Gasteiger partial charge in [-0.05, 0) is 50.6 Å². The van der Waals surface area contributed by atoms with E-state index in [0.717, 1.165) is 31.0 Å². The Hall–Kier alpha value is -2.87. The molecule has 2 heterocycles. The maximum Gasteiger partial charge on any atom is 0.269 e. The van der Waals surface area contributed by atoms with Gasteiger partial charge in [0.25, 0.3) is 5.69 Å². The predicted octanol–water partition coefficient (Wildman–Crippen LogP) is 3.08. The van der Waals surface area contributed by atoms with Gasteiger partial charge in [-0.15, -0.1) is 0 Å². The van der Waals surface area contributed by atoms with Crippen molar-refractivity contribution < 1.29 is 9.34 Å². The molecule has 8 nitrogen and oxygen atoms in total. The fraction of sp³-hybridized carbons (Fsp3) is 0.450. The van der Waals surface area contributed by atoms with E-state index >= 15 is 0 Å². The van der Waals surface area contributed by atoms with Crippen LogP contribution in [-0.2, 0) is 6.54 Å². The van der Waals surface area contributed by atoms with E-state index in [2.05, 4.69) is 20.5 Å². The molecule has 1 fully saturated rings. The number of likely N-dealkylation sites (tertiary alicyclic amines) is 1. The zero-order chi connectivity index (χ0) is 19.8. The lowest BCUT2D eigenvalue weighted by atomic mass is 10.2. The molecular weight excluding hydrogens is 358 g/mol. The summed E-state index contributed by atoms with van der Waals surface area (Å²) >= 11 is 0. The molecule has 3 rings (SSSR count). The maximum absolute atomic E-state index is 10.9. The minimum Gasteiger partial charge on any atom is -0.468 e. The minimum atomic E-state index is -0.388. The average molecular weight is 385 g/mol. The predicted molar refractivity (Wildman–Crippen MR) is 108 cm³/mol. The van der Waals surface area contributed by atoms with Gasteiger partial charge in [-0.2, -0.15) is 0 Å². The lowest BCUT2D eigenvalue weighted by molar-refractivity contribution is -0.384. The van der Waals surface area contributed by atoms with Crippen LogP contribution in [0.1, 0.15) is 37.1 Å². The Morgan fingerprint density at radius 3 is 2.79 bits per heavy atom. The Morgan fingerprint density at radius 2 is 2.11 bits per heavy atom. The molecule has 0 radical (unpaired) electrons. The summed E-state index contributed by atoms with van der Waals surface area (Å²) in [5.74, 6) is 1.63. The number of nitrogens with zero attached hydrogens (tertiary/aromatic N) is 3. The molecule has 2 N–H and O–H groups in total. The molecule has 1 aromatic carbocycles. The van der Waals surface area contributed by atoms with Crippen molar-refractivity contribution in [2.75, 3.05) is 26.2 Å². The summed E-state index contributed by atoms with van der Waals surface area (Å²) in [5.41, 5.74) is 0.881. The molecule has 1 atom stereocenters. The molecule has 0 saturated carbocycles. The molecule has 1 aromatic heterocycles. The number of rotatable bonds is 8. The number of hydrogen-bond acceptors (Lipinski definition) is 5. The third-order valence-corrected chi connectivity index (χ3v) is 4.80. The van der Waals surface area contributed by atoms with E-state index in [4.69, 9.17) is 4.42 Å². The summed E-state index contributed by atoms with van der Waals surface area (Å²) in [7, 11) is 0. The molecule has 0 amide bonds. The maximum atomic E-state index is 10.9. The summed E-state index contributed by atoms with van der Waals surface area (Å²) < 4.78 is 5.66. The van der Waals surface area contributed by atoms with Crippen LogP contribution < -0.4 is 10.6 Å². The first kappa shape index (κ1) is 19.9. The lowest BCUT2D eigenvalue weighted by Gasteiger charge is -2.26. The fourth-order valence-corrected chi connectivity index (χ4v) is 3.42. The summed E-state index contributed by atoms with van der Waals surface area (Å²) in [6, 6.07) is 10.7. The molecule has 8 heteroatoms. The van der Waals surface area contributed by atoms with Gasteiger partial charge in [0.1, 0.15) is 5.76 Å². The van der Waals surface area contributed by atoms with Crippen LogP contribution in [0.2, 0.25) is 0 Å². The van der Waals surface area contributed by atoms with Crippen molar-refractivity contribution in [1.82, 2.24) is 15.5 Å². The molecule has 1 aliphatic rings. The number of nitro groups is 1. The van der Waals surface area contributed by atoms with Crippen LogP contribution in [0.25, 0.3) is 0 Å². The first-order valence-electron chi connectivity index (χ1n) is 9.70. The van der Waals surface area contributed by atoms with Gasteiger partial charge in [0.05, 0.1) is 23.8 Å². The van der Waals surface area contributed by atoms with Gasteiger partial charge in [0.2, 0.25) is 0 Å². The SMILES string of the molecule is CCNC(=NCc1cccc([N+](=O)[O-])c1)NCC(c1ccco1)N1CCCC1. The van der Waals surface area contributed by atoms with Crippen LogP contribution in [0.5, 0.6) is 0 Å². The first-order valence-corrected chi connectivity index (χ1v) is 9.70. The van der Waals surface area contributed by atoms with Gasteiger partial charge in [-0.1, -0.05) is 12.1 Å². The number of benzene rings is 1. The summed E-state index contributed by atoms with van der Waals surface area (Å²) in [4.78, 5) is 17.6. The molecule has 1 aliphatic heterocycles. The zero-order valence-corrected chi connectivity index (χ0v) is 16.1. The Kier molecular flexibility index (Phi) is 7.02. The van der Waals surface area contributed by atoms with Gasteiger partial charge in [0.15, 0.2) is 5.96 Å². The highest BCUT2D eigenvalue weighted by Gasteiger charge is 2.25. The number of non-ortho nitro benzene ring substituents is 1. The van der Waals surface area contributed by atoms with Crippen molar-refractivity contribution in [2.24, 2.45) is 4.99 Å². The van der Waals surface area contributed by atoms with Crippen molar-refractivity contribution in [3.8, 4) is 0 Å². The number of furan rings is 1. The lowest BCUT2D eigenvalue weighted by Crippen LogP contribution is -2.42. The molecule has 1 unspecified atom stereocenters. The highest BCUT2D eigenvalue weighted by atomic mass is 16.6. The second-order valence-electron chi connectivity index (χ2n) is 6.78. The van der Waals surface area contributed by atoms with Gasteiger partial charge in [-0.25, -0.2) is 4.99 Å². The Morgan fingerprint density at radius 1 is 1.29 bits per heavy atom. The summed E-state index contributed by atoms with van der Waals surface area (Å²) in [5, 5.41) is 17.6. The topological polar surface area (TPSA) is 95.9 Å². The largest absolute Gasteiger partial charge is 0.468 e. The van der Waals surface area contributed by atoms with E-state index in [1.54, 1.807) is 18.4 Å². The van der Waals surface area contributed by atoms with Crippen LogP contribution in [0.4, 0.5) is 5.69 Å². The molecule has 1 saturated heterocycles. The number of nitrogens with one attached hydrogen (secondary N) is 2.